The summed E-state index contributed by atoms with van der Waals surface area (Å²) >= 11 is 0. The van der Waals surface area contributed by atoms with Crippen molar-refractivity contribution in [3.05, 3.63) is 28.8 Å². The van der Waals surface area contributed by atoms with E-state index in [1.165, 1.54) is 26.4 Å². The number of carbonyl (C=O) groups is 2. The van der Waals surface area contributed by atoms with Crippen LogP contribution < -0.4 is 4.74 Å². The lowest BCUT2D eigenvalue weighted by molar-refractivity contribution is 0.0600. The van der Waals surface area contributed by atoms with Crippen LogP contribution in [0.2, 0.25) is 0 Å². The Balaban J connectivity index is 3.51. The van der Waals surface area contributed by atoms with Gasteiger partial charge in [-0.3, -0.25) is 4.79 Å². The number of nitriles is 1. The van der Waals surface area contributed by atoms with Crippen molar-refractivity contribution in [2.45, 2.75) is 0 Å². The minimum atomic E-state index is -0.665. The Morgan fingerprint density at radius 1 is 1.44 bits per heavy atom. The summed E-state index contributed by atoms with van der Waals surface area (Å²) in [5.74, 6) is -0.415. The number of hydrogen-bond acceptors (Lipinski definition) is 5. The van der Waals surface area contributed by atoms with Crippen molar-refractivity contribution in [2.24, 2.45) is 0 Å². The highest BCUT2D eigenvalue weighted by molar-refractivity contribution is 5.97. The number of rotatable bonds is 3. The smallest absolute Gasteiger partial charge is 0.339 e. The summed E-state index contributed by atoms with van der Waals surface area (Å²) in [5.41, 5.74) is 0.0574. The van der Waals surface area contributed by atoms with Crippen molar-refractivity contribution in [1.82, 2.24) is 0 Å². The molecule has 0 N–H and O–H groups in total. The number of aldehydes is 1. The number of hydrogen-bond donors (Lipinski definition) is 0. The summed E-state index contributed by atoms with van der Waals surface area (Å²) in [7, 11) is 2.58. The second-order valence-corrected chi connectivity index (χ2v) is 2.83. The van der Waals surface area contributed by atoms with Crippen molar-refractivity contribution in [1.29, 1.82) is 5.26 Å². The molecule has 0 atom stereocenters. The van der Waals surface area contributed by atoms with E-state index in [1.54, 1.807) is 6.07 Å². The maximum atomic E-state index is 11.3. The number of benzene rings is 1. The number of esters is 1. The molecule has 82 valence electrons. The highest BCUT2D eigenvalue weighted by atomic mass is 16.5. The van der Waals surface area contributed by atoms with Crippen molar-refractivity contribution < 1.29 is 19.1 Å². The molecule has 0 aromatic heterocycles. The van der Waals surface area contributed by atoms with E-state index in [0.29, 0.717) is 6.29 Å². The topological polar surface area (TPSA) is 76.4 Å². The molecule has 1 aromatic rings. The minimum Gasteiger partial charge on any atom is -0.496 e. The van der Waals surface area contributed by atoms with Gasteiger partial charge in [0.25, 0.3) is 0 Å². The molecule has 0 spiro atoms. The van der Waals surface area contributed by atoms with E-state index in [0.717, 1.165) is 0 Å². The normalized spacial score (nSPS) is 9.06. The Bertz CT molecular complexity index is 474. The first-order valence-corrected chi connectivity index (χ1v) is 4.34. The van der Waals surface area contributed by atoms with Crippen LogP contribution in [0.3, 0.4) is 0 Å². The average molecular weight is 219 g/mol. The second kappa shape index (κ2) is 4.94. The average Bonchev–Trinajstić information content (AvgIpc) is 2.35. The van der Waals surface area contributed by atoms with Gasteiger partial charge in [-0.2, -0.15) is 5.26 Å². The highest BCUT2D eigenvalue weighted by Crippen LogP contribution is 2.23. The van der Waals surface area contributed by atoms with Crippen LogP contribution in [0.15, 0.2) is 12.1 Å². The fourth-order valence-electron chi connectivity index (χ4n) is 1.30. The Labute approximate surface area is 92.2 Å². The van der Waals surface area contributed by atoms with Gasteiger partial charge in [0.05, 0.1) is 30.9 Å². The van der Waals surface area contributed by atoms with Crippen LogP contribution >= 0.6 is 0 Å². The lowest BCUT2D eigenvalue weighted by atomic mass is 10.0. The van der Waals surface area contributed by atoms with Crippen molar-refractivity contribution in [3.63, 3.8) is 0 Å². The maximum absolute atomic E-state index is 11.3. The molecule has 0 saturated heterocycles. The summed E-state index contributed by atoms with van der Waals surface area (Å²) in [6.45, 7) is 0. The fraction of sp³-hybridized carbons (Fsp3) is 0.182. The number of methoxy groups -OCH3 is 2. The van der Waals surface area contributed by atoms with Crippen LogP contribution in [-0.2, 0) is 4.74 Å². The van der Waals surface area contributed by atoms with Gasteiger partial charge in [0.15, 0.2) is 6.29 Å². The first kappa shape index (κ1) is 11.7. The lowest BCUT2D eigenvalue weighted by Crippen LogP contribution is -2.07. The first-order chi connectivity index (χ1) is 7.69. The summed E-state index contributed by atoms with van der Waals surface area (Å²) in [5, 5.41) is 8.92. The monoisotopic (exact) mass is 219 g/mol. The van der Waals surface area contributed by atoms with E-state index in [-0.39, 0.29) is 22.4 Å². The molecule has 0 aliphatic rings. The molecule has 0 aliphatic heterocycles. The first-order valence-electron chi connectivity index (χ1n) is 4.34. The third-order valence-electron chi connectivity index (χ3n) is 2.06. The van der Waals surface area contributed by atoms with Gasteiger partial charge in [-0.05, 0) is 12.1 Å². The molecule has 0 amide bonds. The van der Waals surface area contributed by atoms with Crippen molar-refractivity contribution in [2.75, 3.05) is 14.2 Å². The molecule has 0 unspecified atom stereocenters. The van der Waals surface area contributed by atoms with Gasteiger partial charge >= 0.3 is 5.97 Å². The zero-order valence-electron chi connectivity index (χ0n) is 8.81. The molecule has 16 heavy (non-hydrogen) atoms. The molecular weight excluding hydrogens is 210 g/mol. The highest BCUT2D eigenvalue weighted by Gasteiger charge is 2.18. The van der Waals surface area contributed by atoms with Gasteiger partial charge in [0.2, 0.25) is 0 Å². The van der Waals surface area contributed by atoms with Crippen LogP contribution in [0.25, 0.3) is 0 Å². The maximum Gasteiger partial charge on any atom is 0.339 e. The third kappa shape index (κ3) is 1.86. The van der Waals surface area contributed by atoms with Gasteiger partial charge in [-0.1, -0.05) is 0 Å². The van der Waals surface area contributed by atoms with Crippen molar-refractivity contribution >= 4 is 12.3 Å². The molecular formula is C11H9NO4. The van der Waals surface area contributed by atoms with Crippen LogP contribution in [0.5, 0.6) is 5.75 Å². The predicted molar refractivity (Wildman–Crippen MR) is 54.4 cm³/mol. The third-order valence-corrected chi connectivity index (χ3v) is 2.06. The predicted octanol–water partition coefficient (Wildman–Crippen LogP) is 1.17. The molecule has 1 rings (SSSR count). The van der Waals surface area contributed by atoms with Crippen LogP contribution in [0.1, 0.15) is 26.3 Å². The van der Waals surface area contributed by atoms with Gasteiger partial charge in [0.1, 0.15) is 11.8 Å². The molecule has 1 aromatic carbocycles. The van der Waals surface area contributed by atoms with Gasteiger partial charge in [-0.25, -0.2) is 4.79 Å². The Morgan fingerprint density at radius 2 is 2.12 bits per heavy atom. The zero-order valence-corrected chi connectivity index (χ0v) is 8.81. The van der Waals surface area contributed by atoms with E-state index >= 15 is 0 Å². The number of carbonyl (C=O) groups excluding carboxylic acids is 2. The lowest BCUT2D eigenvalue weighted by Gasteiger charge is -2.08. The minimum absolute atomic E-state index is 0.0406. The summed E-state index contributed by atoms with van der Waals surface area (Å²) in [6, 6.07) is 4.62. The summed E-state index contributed by atoms with van der Waals surface area (Å²) in [6.07, 6.45) is 0.476. The van der Waals surface area contributed by atoms with Crippen LogP contribution in [0.4, 0.5) is 0 Å². The standard InChI is InChI=1S/C11H9NO4/c1-15-10-4-3-7(11(14)16-2)8(5-12)9(10)6-13/h3-4,6H,1-2H3. The quantitative estimate of drug-likeness (QED) is 0.563. The van der Waals surface area contributed by atoms with Crippen molar-refractivity contribution in [3.8, 4) is 11.8 Å². The molecule has 0 fully saturated rings. The van der Waals surface area contributed by atoms with Gasteiger partial charge in [0, 0.05) is 0 Å². The summed E-state index contributed by atoms with van der Waals surface area (Å²) in [4.78, 5) is 22.2. The number of ether oxygens (including phenoxy) is 2. The fourth-order valence-corrected chi connectivity index (χ4v) is 1.30. The van der Waals surface area contributed by atoms with E-state index in [2.05, 4.69) is 4.74 Å². The van der Waals surface area contributed by atoms with E-state index < -0.39 is 5.97 Å². The molecule has 5 heteroatoms. The van der Waals surface area contributed by atoms with Crippen LogP contribution in [-0.4, -0.2) is 26.5 Å². The van der Waals surface area contributed by atoms with E-state index in [1.807, 2.05) is 0 Å². The SMILES string of the molecule is COC(=O)c1ccc(OC)c(C=O)c1C#N. The molecule has 0 radical (unpaired) electrons. The molecule has 0 heterocycles. The second-order valence-electron chi connectivity index (χ2n) is 2.83. The number of nitrogens with zero attached hydrogens (tertiary/aromatic N) is 1. The zero-order chi connectivity index (χ0) is 12.1. The largest absolute Gasteiger partial charge is 0.496 e. The van der Waals surface area contributed by atoms with E-state index in [4.69, 9.17) is 10.00 Å². The van der Waals surface area contributed by atoms with E-state index in [9.17, 15) is 9.59 Å². The van der Waals surface area contributed by atoms with Gasteiger partial charge < -0.3 is 9.47 Å². The Hall–Kier alpha value is -2.35. The molecule has 0 saturated carbocycles. The molecule has 0 aliphatic carbocycles. The van der Waals surface area contributed by atoms with Crippen LogP contribution in [0, 0.1) is 11.3 Å². The van der Waals surface area contributed by atoms with Gasteiger partial charge in [-0.15, -0.1) is 0 Å². The Kier molecular flexibility index (Phi) is 3.62. The Morgan fingerprint density at radius 3 is 2.56 bits per heavy atom. The summed E-state index contributed by atoms with van der Waals surface area (Å²) < 4.78 is 9.42. The molecule has 0 bridgehead atoms. The molecule has 5 nitrogen and oxygen atoms in total.